The number of ether oxygens (including phenoxy) is 2. The summed E-state index contributed by atoms with van der Waals surface area (Å²) in [6.45, 7) is 6.41. The summed E-state index contributed by atoms with van der Waals surface area (Å²) in [5, 5.41) is 5.56. The van der Waals surface area contributed by atoms with Crippen LogP contribution >= 0.6 is 0 Å². The van der Waals surface area contributed by atoms with Gasteiger partial charge in [0.1, 0.15) is 17.1 Å². The molecule has 0 saturated carbocycles. The van der Waals surface area contributed by atoms with Crippen molar-refractivity contribution in [3.05, 3.63) is 48.0 Å². The van der Waals surface area contributed by atoms with E-state index in [0.717, 1.165) is 22.1 Å². The molecule has 0 radical (unpaired) electrons. The summed E-state index contributed by atoms with van der Waals surface area (Å²) in [6.07, 6.45) is 3.74. The first-order valence-electron chi connectivity index (χ1n) is 12.2. The molecular weight excluding hydrogens is 470 g/mol. The molecule has 0 bridgehead atoms. The number of carbonyl (C=O) groups excluding carboxylic acids is 1. The SMILES string of the molecule is COCC1CC(n2nc(C#Cc3ccc4c(c3)ncn4C)c3c(N)nccc32)CN1C(=O)OC(C)(C)C. The second-order valence-corrected chi connectivity index (χ2v) is 10.3. The summed E-state index contributed by atoms with van der Waals surface area (Å²) < 4.78 is 14.9. The van der Waals surface area contributed by atoms with Crippen LogP contribution < -0.4 is 5.73 Å². The van der Waals surface area contributed by atoms with Crippen LogP contribution in [0.25, 0.3) is 21.9 Å². The number of aryl methyl sites for hydroxylation is 1. The average molecular weight is 502 g/mol. The van der Waals surface area contributed by atoms with Crippen LogP contribution in [0.3, 0.4) is 0 Å². The minimum absolute atomic E-state index is 0.0996. The third-order valence-corrected chi connectivity index (χ3v) is 6.43. The zero-order chi connectivity index (χ0) is 26.3. The van der Waals surface area contributed by atoms with Gasteiger partial charge in [-0.25, -0.2) is 14.8 Å². The van der Waals surface area contributed by atoms with Gasteiger partial charge in [-0.05, 0) is 57.4 Å². The van der Waals surface area contributed by atoms with Gasteiger partial charge in [0.15, 0.2) is 0 Å². The fraction of sp³-hybridized carbons (Fsp3) is 0.407. The van der Waals surface area contributed by atoms with E-state index in [1.807, 2.05) is 61.3 Å². The highest BCUT2D eigenvalue weighted by Crippen LogP contribution is 2.33. The number of aromatic nitrogens is 5. The molecule has 1 fully saturated rings. The Bertz CT molecular complexity index is 1540. The summed E-state index contributed by atoms with van der Waals surface area (Å²) >= 11 is 0. The smallest absolute Gasteiger partial charge is 0.410 e. The maximum atomic E-state index is 13.0. The summed E-state index contributed by atoms with van der Waals surface area (Å²) in [4.78, 5) is 23.4. The molecule has 1 aliphatic heterocycles. The molecule has 1 aromatic carbocycles. The van der Waals surface area contributed by atoms with E-state index in [-0.39, 0.29) is 18.2 Å². The minimum Gasteiger partial charge on any atom is -0.444 e. The van der Waals surface area contributed by atoms with Crippen LogP contribution in [0.15, 0.2) is 36.8 Å². The highest BCUT2D eigenvalue weighted by atomic mass is 16.6. The predicted molar refractivity (Wildman–Crippen MR) is 141 cm³/mol. The molecule has 5 rings (SSSR count). The van der Waals surface area contributed by atoms with E-state index in [9.17, 15) is 4.79 Å². The van der Waals surface area contributed by atoms with Gasteiger partial charge in [0.05, 0.1) is 47.0 Å². The summed E-state index contributed by atoms with van der Waals surface area (Å²) in [7, 11) is 3.59. The number of benzene rings is 1. The third-order valence-electron chi connectivity index (χ3n) is 6.43. The normalized spacial score (nSPS) is 17.8. The number of carbonyl (C=O) groups is 1. The first-order valence-corrected chi connectivity index (χ1v) is 12.2. The molecule has 37 heavy (non-hydrogen) atoms. The lowest BCUT2D eigenvalue weighted by Gasteiger charge is -2.28. The number of imidazole rings is 1. The number of hydrogen-bond donors (Lipinski definition) is 1. The zero-order valence-corrected chi connectivity index (χ0v) is 21.7. The molecule has 0 spiro atoms. The quantitative estimate of drug-likeness (QED) is 0.428. The molecule has 3 aromatic heterocycles. The second kappa shape index (κ2) is 9.41. The number of nitrogen functional groups attached to an aromatic ring is 1. The van der Waals surface area contributed by atoms with Gasteiger partial charge in [0.2, 0.25) is 0 Å². The Balaban J connectivity index is 1.50. The maximum Gasteiger partial charge on any atom is 0.410 e. The highest BCUT2D eigenvalue weighted by molar-refractivity contribution is 5.93. The number of amides is 1. The Kier molecular flexibility index (Phi) is 6.25. The Morgan fingerprint density at radius 1 is 1.19 bits per heavy atom. The van der Waals surface area contributed by atoms with Gasteiger partial charge in [-0.3, -0.25) is 4.68 Å². The molecule has 192 valence electrons. The van der Waals surface area contributed by atoms with Crippen molar-refractivity contribution in [2.75, 3.05) is 26.0 Å². The van der Waals surface area contributed by atoms with Crippen LogP contribution in [0, 0.1) is 11.8 Å². The van der Waals surface area contributed by atoms with Crippen molar-refractivity contribution in [3.8, 4) is 11.8 Å². The largest absolute Gasteiger partial charge is 0.444 e. The van der Waals surface area contributed by atoms with Crippen molar-refractivity contribution in [2.45, 2.75) is 44.9 Å². The lowest BCUT2D eigenvalue weighted by atomic mass is 10.1. The van der Waals surface area contributed by atoms with Crippen LogP contribution in [0.4, 0.5) is 10.6 Å². The Morgan fingerprint density at radius 2 is 2.00 bits per heavy atom. The van der Waals surface area contributed by atoms with Gasteiger partial charge in [-0.2, -0.15) is 5.10 Å². The van der Waals surface area contributed by atoms with E-state index in [4.69, 9.17) is 20.3 Å². The summed E-state index contributed by atoms with van der Waals surface area (Å²) in [6, 6.07) is 7.56. The number of rotatable bonds is 3. The second-order valence-electron chi connectivity index (χ2n) is 10.3. The molecule has 2 N–H and O–H groups in total. The van der Waals surface area contributed by atoms with E-state index in [0.29, 0.717) is 36.5 Å². The van der Waals surface area contributed by atoms with Gasteiger partial charge < -0.3 is 24.7 Å². The lowest BCUT2D eigenvalue weighted by molar-refractivity contribution is 0.0145. The molecule has 10 nitrogen and oxygen atoms in total. The van der Waals surface area contributed by atoms with Crippen LogP contribution in [0.5, 0.6) is 0 Å². The van der Waals surface area contributed by atoms with Gasteiger partial charge in [0.25, 0.3) is 0 Å². The molecule has 10 heteroatoms. The molecule has 1 amide bonds. The van der Waals surface area contributed by atoms with E-state index in [1.54, 1.807) is 24.5 Å². The first-order chi connectivity index (χ1) is 17.6. The number of anilines is 1. The topological polar surface area (TPSA) is 113 Å². The molecule has 4 heterocycles. The van der Waals surface area contributed by atoms with E-state index >= 15 is 0 Å². The average Bonchev–Trinajstić information content (AvgIpc) is 3.53. The van der Waals surface area contributed by atoms with E-state index in [1.165, 1.54) is 0 Å². The number of pyridine rings is 1. The van der Waals surface area contributed by atoms with Crippen molar-refractivity contribution < 1.29 is 14.3 Å². The molecule has 2 unspecified atom stereocenters. The molecule has 1 saturated heterocycles. The Morgan fingerprint density at radius 3 is 2.76 bits per heavy atom. The van der Waals surface area contributed by atoms with Gasteiger partial charge >= 0.3 is 6.09 Å². The molecule has 1 aliphatic rings. The number of likely N-dealkylation sites (tertiary alicyclic amines) is 1. The number of nitrogens with zero attached hydrogens (tertiary/aromatic N) is 6. The van der Waals surface area contributed by atoms with Crippen molar-refractivity contribution in [1.82, 2.24) is 29.2 Å². The zero-order valence-electron chi connectivity index (χ0n) is 21.7. The minimum atomic E-state index is -0.591. The third kappa shape index (κ3) is 4.82. The molecule has 2 atom stereocenters. The van der Waals surface area contributed by atoms with Crippen LogP contribution in [-0.2, 0) is 16.5 Å². The number of hydrogen-bond acceptors (Lipinski definition) is 7. The van der Waals surface area contributed by atoms with Crippen molar-refractivity contribution in [3.63, 3.8) is 0 Å². The number of methoxy groups -OCH3 is 1. The van der Waals surface area contributed by atoms with Crippen molar-refractivity contribution in [1.29, 1.82) is 0 Å². The van der Waals surface area contributed by atoms with Crippen molar-refractivity contribution >= 4 is 33.8 Å². The Labute approximate surface area is 215 Å². The van der Waals surface area contributed by atoms with Gasteiger partial charge in [-0.15, -0.1) is 0 Å². The molecule has 4 aromatic rings. The predicted octanol–water partition coefficient (Wildman–Crippen LogP) is 3.50. The van der Waals surface area contributed by atoms with E-state index in [2.05, 4.69) is 21.8 Å². The van der Waals surface area contributed by atoms with Crippen molar-refractivity contribution in [2.24, 2.45) is 7.05 Å². The van der Waals surface area contributed by atoms with Crippen LogP contribution in [-0.4, -0.2) is 67.2 Å². The maximum absolute atomic E-state index is 13.0. The van der Waals surface area contributed by atoms with Gasteiger partial charge in [-0.1, -0.05) is 5.92 Å². The molecular formula is C27H31N7O3. The Hall–Kier alpha value is -4.10. The first kappa shape index (κ1) is 24.6. The fourth-order valence-corrected chi connectivity index (χ4v) is 4.79. The standard InChI is InChI=1S/C27H31N7O3/c1-27(2,3)37-26(35)33-14-18(13-19(33)15-36-5)34-23-10-11-29-25(28)24(23)20(31-34)8-6-17-7-9-22-21(12-17)30-16-32(22)4/h7,9-12,16,18-19H,13-15H2,1-5H3,(H2,28,29). The van der Waals surface area contributed by atoms with Crippen LogP contribution in [0.2, 0.25) is 0 Å². The van der Waals surface area contributed by atoms with Gasteiger partial charge in [0, 0.05) is 32.5 Å². The number of nitrogens with two attached hydrogens (primary N) is 1. The molecule has 0 aliphatic carbocycles. The highest BCUT2D eigenvalue weighted by Gasteiger charge is 2.39. The van der Waals surface area contributed by atoms with Crippen LogP contribution in [0.1, 0.15) is 44.5 Å². The summed E-state index contributed by atoms with van der Waals surface area (Å²) in [5.74, 6) is 6.76. The fourth-order valence-electron chi connectivity index (χ4n) is 4.79. The summed E-state index contributed by atoms with van der Waals surface area (Å²) in [5.41, 5.74) is 9.80. The monoisotopic (exact) mass is 501 g/mol. The number of fused-ring (bicyclic) bond motifs is 2. The lowest BCUT2D eigenvalue weighted by Crippen LogP contribution is -2.41. The van der Waals surface area contributed by atoms with E-state index < -0.39 is 5.60 Å².